The fourth-order valence-electron chi connectivity index (χ4n) is 2.55. The standard InChI is InChI=1S/C18H22N2O3S.ClH/c1-11(2)12-3-5-13(6-4-12)14(19)9-20-18(21)17-16-15(10-24-17)22-7-8-23-16;/h3-6,10-11,14H,7-9,19H2,1-2H3,(H,20,21);1H/t14-;/m0./s1. The van der Waals surface area contributed by atoms with Gasteiger partial charge in [-0.15, -0.1) is 23.7 Å². The molecular weight excluding hydrogens is 360 g/mol. The van der Waals surface area contributed by atoms with E-state index in [2.05, 4.69) is 31.3 Å². The maximum absolute atomic E-state index is 12.4. The first-order valence-corrected chi connectivity index (χ1v) is 8.95. The van der Waals surface area contributed by atoms with E-state index in [4.69, 9.17) is 15.2 Å². The predicted molar refractivity (Wildman–Crippen MR) is 102 cm³/mol. The number of ether oxygens (including phenoxy) is 2. The van der Waals surface area contributed by atoms with Gasteiger partial charge in [-0.1, -0.05) is 38.1 Å². The third-order valence-corrected chi connectivity index (χ3v) is 4.96. The monoisotopic (exact) mass is 382 g/mol. The van der Waals surface area contributed by atoms with Gasteiger partial charge in [-0.25, -0.2) is 0 Å². The van der Waals surface area contributed by atoms with Crippen LogP contribution in [0.15, 0.2) is 29.6 Å². The van der Waals surface area contributed by atoms with E-state index in [0.29, 0.717) is 42.1 Å². The smallest absolute Gasteiger partial charge is 0.265 e. The second-order valence-electron chi connectivity index (χ2n) is 6.09. The van der Waals surface area contributed by atoms with Crippen molar-refractivity contribution in [1.82, 2.24) is 5.32 Å². The Bertz CT molecular complexity index is 716. The maximum atomic E-state index is 12.4. The zero-order valence-corrected chi connectivity index (χ0v) is 15.9. The molecule has 7 heteroatoms. The van der Waals surface area contributed by atoms with Crippen LogP contribution in [0.5, 0.6) is 11.5 Å². The van der Waals surface area contributed by atoms with Crippen molar-refractivity contribution in [1.29, 1.82) is 0 Å². The van der Waals surface area contributed by atoms with E-state index >= 15 is 0 Å². The first-order valence-electron chi connectivity index (χ1n) is 8.07. The number of benzene rings is 1. The van der Waals surface area contributed by atoms with Crippen molar-refractivity contribution in [3.8, 4) is 11.5 Å². The Labute approximate surface area is 157 Å². The highest BCUT2D eigenvalue weighted by molar-refractivity contribution is 7.12. The molecule has 1 aromatic carbocycles. The highest BCUT2D eigenvalue weighted by Crippen LogP contribution is 2.39. The van der Waals surface area contributed by atoms with E-state index in [1.54, 1.807) is 5.38 Å². The molecule has 3 rings (SSSR count). The molecule has 1 atom stereocenters. The SMILES string of the molecule is CC(C)c1ccc([C@@H](N)CNC(=O)c2scc3c2OCCO3)cc1.Cl. The molecule has 3 N–H and O–H groups in total. The summed E-state index contributed by atoms with van der Waals surface area (Å²) in [6, 6.07) is 7.97. The molecule has 1 aromatic heterocycles. The highest BCUT2D eigenvalue weighted by Gasteiger charge is 2.23. The third kappa shape index (κ3) is 4.45. The Morgan fingerprint density at radius 2 is 1.84 bits per heavy atom. The quantitative estimate of drug-likeness (QED) is 0.830. The lowest BCUT2D eigenvalue weighted by Gasteiger charge is -2.17. The molecule has 1 aliphatic heterocycles. The van der Waals surface area contributed by atoms with E-state index in [9.17, 15) is 4.79 Å². The number of carbonyl (C=O) groups is 1. The topological polar surface area (TPSA) is 73.6 Å². The van der Waals surface area contributed by atoms with Gasteiger partial charge in [0.2, 0.25) is 0 Å². The fraction of sp³-hybridized carbons (Fsp3) is 0.389. The van der Waals surface area contributed by atoms with Crippen LogP contribution in [-0.4, -0.2) is 25.7 Å². The van der Waals surface area contributed by atoms with Crippen LogP contribution in [0.4, 0.5) is 0 Å². The second kappa shape index (κ2) is 8.56. The lowest BCUT2D eigenvalue weighted by atomic mass is 9.99. The first-order chi connectivity index (χ1) is 11.6. The molecule has 0 radical (unpaired) electrons. The number of carbonyl (C=O) groups excluding carboxylic acids is 1. The van der Waals surface area contributed by atoms with Crippen molar-refractivity contribution in [3.63, 3.8) is 0 Å². The molecule has 0 saturated heterocycles. The van der Waals surface area contributed by atoms with Crippen molar-refractivity contribution in [2.45, 2.75) is 25.8 Å². The van der Waals surface area contributed by atoms with Gasteiger partial charge in [-0.2, -0.15) is 0 Å². The zero-order valence-electron chi connectivity index (χ0n) is 14.3. The van der Waals surface area contributed by atoms with Gasteiger partial charge in [0.1, 0.15) is 18.1 Å². The average molecular weight is 383 g/mol. The van der Waals surface area contributed by atoms with Crippen LogP contribution < -0.4 is 20.5 Å². The molecule has 2 aromatic rings. The van der Waals surface area contributed by atoms with Gasteiger partial charge in [0.25, 0.3) is 5.91 Å². The summed E-state index contributed by atoms with van der Waals surface area (Å²) in [5.74, 6) is 1.49. The van der Waals surface area contributed by atoms with Crippen molar-refractivity contribution >= 4 is 29.7 Å². The number of thiophene rings is 1. The number of halogens is 1. The molecule has 2 heterocycles. The number of amides is 1. The number of rotatable bonds is 5. The van der Waals surface area contributed by atoms with Crippen molar-refractivity contribution in [2.75, 3.05) is 19.8 Å². The molecule has 0 saturated carbocycles. The first kappa shape index (κ1) is 19.6. The molecule has 136 valence electrons. The molecule has 0 bridgehead atoms. The Morgan fingerprint density at radius 1 is 1.20 bits per heavy atom. The van der Waals surface area contributed by atoms with E-state index < -0.39 is 0 Å². The summed E-state index contributed by atoms with van der Waals surface area (Å²) < 4.78 is 11.0. The Kier molecular flexibility index (Phi) is 6.70. The van der Waals surface area contributed by atoms with Crippen LogP contribution in [-0.2, 0) is 0 Å². The number of hydrogen-bond acceptors (Lipinski definition) is 5. The van der Waals surface area contributed by atoms with E-state index in [-0.39, 0.29) is 24.4 Å². The summed E-state index contributed by atoms with van der Waals surface area (Å²) in [4.78, 5) is 12.9. The molecule has 1 aliphatic rings. The normalized spacial score (nSPS) is 13.9. The van der Waals surface area contributed by atoms with Gasteiger partial charge in [0, 0.05) is 18.0 Å². The van der Waals surface area contributed by atoms with Crippen molar-refractivity contribution in [3.05, 3.63) is 45.6 Å². The number of hydrogen-bond donors (Lipinski definition) is 2. The minimum absolute atomic E-state index is 0. The number of nitrogens with two attached hydrogens (primary N) is 1. The fourth-order valence-corrected chi connectivity index (χ4v) is 3.39. The molecule has 1 amide bonds. The second-order valence-corrected chi connectivity index (χ2v) is 6.97. The lowest BCUT2D eigenvalue weighted by Crippen LogP contribution is -2.32. The van der Waals surface area contributed by atoms with Gasteiger partial charge in [-0.05, 0) is 17.0 Å². The van der Waals surface area contributed by atoms with Gasteiger partial charge < -0.3 is 20.5 Å². The lowest BCUT2D eigenvalue weighted by molar-refractivity contribution is 0.0946. The summed E-state index contributed by atoms with van der Waals surface area (Å²) in [6.45, 7) is 5.66. The zero-order chi connectivity index (χ0) is 17.1. The number of nitrogens with one attached hydrogen (secondary N) is 1. The maximum Gasteiger partial charge on any atom is 0.265 e. The van der Waals surface area contributed by atoms with Crippen LogP contribution in [0.3, 0.4) is 0 Å². The molecule has 0 fully saturated rings. The largest absolute Gasteiger partial charge is 0.485 e. The molecular formula is C18H23ClN2O3S. The van der Waals surface area contributed by atoms with Gasteiger partial charge in [0.05, 0.1) is 0 Å². The highest BCUT2D eigenvalue weighted by atomic mass is 35.5. The molecule has 0 aliphatic carbocycles. The average Bonchev–Trinajstić information content (AvgIpc) is 3.03. The molecule has 0 unspecified atom stereocenters. The molecule has 0 spiro atoms. The van der Waals surface area contributed by atoms with E-state index in [1.165, 1.54) is 16.9 Å². The predicted octanol–water partition coefficient (Wildman–Crippen LogP) is 3.49. The molecule has 25 heavy (non-hydrogen) atoms. The Morgan fingerprint density at radius 3 is 2.52 bits per heavy atom. The van der Waals surface area contributed by atoms with Crippen molar-refractivity contribution < 1.29 is 14.3 Å². The summed E-state index contributed by atoms with van der Waals surface area (Å²) in [6.07, 6.45) is 0. The summed E-state index contributed by atoms with van der Waals surface area (Å²) in [5, 5.41) is 4.68. The van der Waals surface area contributed by atoms with E-state index in [1.807, 2.05) is 12.1 Å². The van der Waals surface area contributed by atoms with Crippen LogP contribution in [0.25, 0.3) is 0 Å². The van der Waals surface area contributed by atoms with Gasteiger partial charge in [-0.3, -0.25) is 4.79 Å². The van der Waals surface area contributed by atoms with Crippen molar-refractivity contribution in [2.24, 2.45) is 5.73 Å². The molecule has 5 nitrogen and oxygen atoms in total. The minimum Gasteiger partial charge on any atom is -0.485 e. The van der Waals surface area contributed by atoms with E-state index in [0.717, 1.165) is 5.56 Å². The summed E-state index contributed by atoms with van der Waals surface area (Å²) >= 11 is 1.32. The Hall–Kier alpha value is -1.76. The Balaban J connectivity index is 0.00000225. The van der Waals surface area contributed by atoms with Crippen LogP contribution in [0, 0.1) is 0 Å². The summed E-state index contributed by atoms with van der Waals surface area (Å²) in [5.41, 5.74) is 8.48. The number of fused-ring (bicyclic) bond motifs is 1. The van der Waals surface area contributed by atoms with Gasteiger partial charge in [0.15, 0.2) is 11.5 Å². The third-order valence-electron chi connectivity index (χ3n) is 4.02. The van der Waals surface area contributed by atoms with Crippen LogP contribution in [0.1, 0.15) is 46.6 Å². The minimum atomic E-state index is -0.247. The van der Waals surface area contributed by atoms with Crippen LogP contribution in [0.2, 0.25) is 0 Å². The summed E-state index contributed by atoms with van der Waals surface area (Å²) in [7, 11) is 0. The van der Waals surface area contributed by atoms with Gasteiger partial charge >= 0.3 is 0 Å². The van der Waals surface area contributed by atoms with Crippen LogP contribution >= 0.6 is 23.7 Å².